The number of fused-ring (bicyclic) bond motifs is 3. The van der Waals surface area contributed by atoms with Crippen LogP contribution in [-0.4, -0.2) is 91.7 Å². The van der Waals surface area contributed by atoms with Crippen molar-refractivity contribution in [2.24, 2.45) is 0 Å². The Bertz CT molecular complexity index is 2300. The van der Waals surface area contributed by atoms with Crippen molar-refractivity contribution < 1.29 is 18.4 Å². The largest absolute Gasteiger partial charge is 0.461 e. The van der Waals surface area contributed by atoms with Crippen molar-refractivity contribution in [3.8, 4) is 23.3 Å². The minimum atomic E-state index is -0.613. The van der Waals surface area contributed by atoms with Gasteiger partial charge in [-0.15, -0.1) is 0 Å². The van der Waals surface area contributed by atoms with E-state index in [1.807, 2.05) is 49.9 Å². The molecule has 5 aromatic rings. The molecule has 0 N–H and O–H groups in total. The van der Waals surface area contributed by atoms with E-state index in [1.165, 1.54) is 12.2 Å². The lowest BCUT2D eigenvalue weighted by Gasteiger charge is -2.41. The van der Waals surface area contributed by atoms with Gasteiger partial charge < -0.3 is 19.1 Å². The number of anilines is 1. The highest BCUT2D eigenvalue weighted by Gasteiger charge is 2.45. The van der Waals surface area contributed by atoms with Gasteiger partial charge in [0.1, 0.15) is 23.6 Å². The Labute approximate surface area is 317 Å². The Morgan fingerprint density at radius 3 is 2.63 bits per heavy atom. The van der Waals surface area contributed by atoms with Gasteiger partial charge in [0, 0.05) is 59.4 Å². The number of benzene rings is 2. The molecule has 278 valence electrons. The third-order valence-electron chi connectivity index (χ3n) is 10.9. The number of amides is 1. The van der Waals surface area contributed by atoms with Crippen molar-refractivity contribution in [3.05, 3.63) is 71.2 Å². The average Bonchev–Trinajstić information content (AvgIpc) is 3.90. The van der Waals surface area contributed by atoms with Crippen LogP contribution in [0.1, 0.15) is 64.6 Å². The van der Waals surface area contributed by atoms with Crippen LogP contribution in [0, 0.1) is 17.1 Å². The van der Waals surface area contributed by atoms with Crippen molar-refractivity contribution in [2.75, 3.05) is 44.2 Å². The van der Waals surface area contributed by atoms with Crippen LogP contribution in [0.15, 0.2) is 53.2 Å². The average molecular weight is 750 g/mol. The van der Waals surface area contributed by atoms with Crippen LogP contribution in [0.3, 0.4) is 0 Å². The second kappa shape index (κ2) is 14.2. The van der Waals surface area contributed by atoms with Crippen LogP contribution in [0.25, 0.3) is 39.0 Å². The number of pyridine rings is 1. The van der Waals surface area contributed by atoms with E-state index in [1.54, 1.807) is 23.2 Å². The number of nitrogens with zero attached hydrogens (tertiary/aromatic N) is 9. The molecular formula is C40H41ClFN9O3. The predicted molar refractivity (Wildman–Crippen MR) is 203 cm³/mol. The molecule has 1 amide bonds. The van der Waals surface area contributed by atoms with E-state index in [4.69, 9.17) is 25.8 Å². The summed E-state index contributed by atoms with van der Waals surface area (Å²) in [7, 11) is 0. The van der Waals surface area contributed by atoms with Crippen LogP contribution >= 0.6 is 11.6 Å². The number of nitriles is 1. The van der Waals surface area contributed by atoms with Crippen molar-refractivity contribution in [1.82, 2.24) is 34.9 Å². The normalized spacial score (nSPS) is 18.9. The van der Waals surface area contributed by atoms with E-state index < -0.39 is 11.9 Å². The van der Waals surface area contributed by atoms with E-state index >= 15 is 4.39 Å². The number of carbonyl (C=O) groups excluding carboxylic acids is 1. The summed E-state index contributed by atoms with van der Waals surface area (Å²) >= 11 is 6.65. The molecule has 0 saturated carbocycles. The first-order valence-corrected chi connectivity index (χ1v) is 18.8. The molecule has 0 unspecified atom stereocenters. The Hall–Kier alpha value is -5.19. The van der Waals surface area contributed by atoms with Gasteiger partial charge in [-0.05, 0) is 50.2 Å². The molecule has 8 rings (SSSR count). The molecule has 2 aromatic carbocycles. The van der Waals surface area contributed by atoms with Gasteiger partial charge in [-0.25, -0.2) is 4.39 Å². The molecule has 54 heavy (non-hydrogen) atoms. The molecule has 3 aliphatic heterocycles. The molecule has 0 aliphatic carbocycles. The lowest BCUT2D eigenvalue weighted by atomic mass is 9.95. The zero-order valence-electron chi connectivity index (χ0n) is 30.6. The molecule has 6 heterocycles. The summed E-state index contributed by atoms with van der Waals surface area (Å²) in [5, 5.41) is 16.3. The first-order chi connectivity index (χ1) is 26.0. The van der Waals surface area contributed by atoms with Crippen LogP contribution < -0.4 is 9.64 Å². The quantitative estimate of drug-likeness (QED) is 0.152. The highest BCUT2D eigenvalue weighted by atomic mass is 35.5. The minimum absolute atomic E-state index is 0.0729. The third-order valence-corrected chi connectivity index (χ3v) is 11.2. The van der Waals surface area contributed by atoms with E-state index in [-0.39, 0.29) is 59.5 Å². The van der Waals surface area contributed by atoms with Gasteiger partial charge >= 0.3 is 6.01 Å². The molecule has 3 fully saturated rings. The van der Waals surface area contributed by atoms with E-state index in [2.05, 4.69) is 31.1 Å². The van der Waals surface area contributed by atoms with Crippen LogP contribution in [0.2, 0.25) is 5.02 Å². The van der Waals surface area contributed by atoms with Crippen molar-refractivity contribution in [3.63, 3.8) is 0 Å². The summed E-state index contributed by atoms with van der Waals surface area (Å²) in [6.07, 6.45) is 8.82. The highest BCUT2D eigenvalue weighted by molar-refractivity contribution is 6.36. The maximum absolute atomic E-state index is 17.0. The molecule has 12 nitrogen and oxygen atoms in total. The summed E-state index contributed by atoms with van der Waals surface area (Å²) in [6, 6.07) is 13.0. The highest BCUT2D eigenvalue weighted by Crippen LogP contribution is 2.40. The Balaban J connectivity index is 1.14. The smallest absolute Gasteiger partial charge is 0.319 e. The van der Waals surface area contributed by atoms with E-state index in [9.17, 15) is 10.1 Å². The van der Waals surface area contributed by atoms with Crippen molar-refractivity contribution >= 4 is 51.1 Å². The maximum atomic E-state index is 17.0. The first kappa shape index (κ1) is 35.8. The van der Waals surface area contributed by atoms with Crippen molar-refractivity contribution in [2.45, 2.75) is 69.9 Å². The van der Waals surface area contributed by atoms with Crippen LogP contribution in [0.5, 0.6) is 6.01 Å². The molecule has 0 spiro atoms. The molecular weight excluding hydrogens is 709 g/mol. The maximum Gasteiger partial charge on any atom is 0.319 e. The minimum Gasteiger partial charge on any atom is -0.461 e. The number of halogens is 2. The summed E-state index contributed by atoms with van der Waals surface area (Å²) in [4.78, 5) is 38.2. The lowest BCUT2D eigenvalue weighted by Crippen LogP contribution is -2.55. The molecule has 0 bridgehead atoms. The van der Waals surface area contributed by atoms with E-state index in [0.29, 0.717) is 46.2 Å². The van der Waals surface area contributed by atoms with Gasteiger partial charge in [-0.2, -0.15) is 20.2 Å². The molecule has 3 saturated heterocycles. The molecule has 3 aliphatic rings. The fourth-order valence-electron chi connectivity index (χ4n) is 8.13. The second-order valence-electron chi connectivity index (χ2n) is 15.4. The van der Waals surface area contributed by atoms with Gasteiger partial charge in [0.25, 0.3) is 5.89 Å². The molecule has 1 atom stereocenters. The van der Waals surface area contributed by atoms with Crippen molar-refractivity contribution in [1.29, 1.82) is 5.26 Å². The topological polar surface area (TPSA) is 137 Å². The number of carbonyl (C=O) groups is 1. The first-order valence-electron chi connectivity index (χ1n) is 18.4. The van der Waals surface area contributed by atoms with Crippen LogP contribution in [0.4, 0.5) is 10.2 Å². The zero-order chi connectivity index (χ0) is 37.6. The van der Waals surface area contributed by atoms with Gasteiger partial charge in [0.15, 0.2) is 11.6 Å². The second-order valence-corrected chi connectivity index (χ2v) is 15.8. The van der Waals surface area contributed by atoms with Gasteiger partial charge in [-0.1, -0.05) is 67.9 Å². The van der Waals surface area contributed by atoms with Gasteiger partial charge in [0.2, 0.25) is 5.91 Å². The Morgan fingerprint density at radius 2 is 1.89 bits per heavy atom. The molecule has 3 aromatic heterocycles. The van der Waals surface area contributed by atoms with Gasteiger partial charge in [0.05, 0.1) is 29.5 Å². The van der Waals surface area contributed by atoms with Gasteiger partial charge in [-0.3, -0.25) is 14.7 Å². The summed E-state index contributed by atoms with van der Waals surface area (Å²) < 4.78 is 28.7. The molecule has 14 heteroatoms. The predicted octanol–water partition coefficient (Wildman–Crippen LogP) is 6.97. The number of ether oxygens (including phenoxy) is 1. The fourth-order valence-corrected chi connectivity index (χ4v) is 8.41. The lowest BCUT2D eigenvalue weighted by molar-refractivity contribution is -0.128. The number of hydrogen-bond donors (Lipinski definition) is 0. The number of rotatable bonds is 8. The number of hydrogen-bond acceptors (Lipinski definition) is 11. The SMILES string of the molecule is CC(C)(C)c1noc(/C=C/C(=O)N2CCN(c3nc(OCC45CCCN4CCC5)nc4c(F)c(-c5cccc6cccc(Cl)c56)ncc34)C[C@@H]2CC#N)n1. The van der Waals surface area contributed by atoms with E-state index in [0.717, 1.165) is 44.2 Å². The Kier molecular flexibility index (Phi) is 9.44. The zero-order valence-corrected chi connectivity index (χ0v) is 31.3. The molecule has 0 radical (unpaired) electrons. The fraction of sp³-hybridized carbons (Fsp3) is 0.425. The third kappa shape index (κ3) is 6.62. The standard InChI is InChI=1S/C40H41ClFN9O3/c1-39(2,3)37-45-30(54-48-37)12-13-31(52)51-21-20-49(23-26(51)14-17-43)36-28-22-44-34(27-10-4-8-25-9-5-11-29(41)32(25)27)33(42)35(28)46-38(47-36)53-24-40-15-6-18-50(40)19-7-16-40/h4-5,8-13,22,26H,6-7,14-16,18-21,23-24H2,1-3H3/b13-12+/t26-/m0/s1. The monoisotopic (exact) mass is 749 g/mol. The summed E-state index contributed by atoms with van der Waals surface area (Å²) in [5.74, 6) is 0.292. The summed E-state index contributed by atoms with van der Waals surface area (Å²) in [6.45, 7) is 9.32. The number of piperazine rings is 1. The number of aromatic nitrogens is 5. The Morgan fingerprint density at radius 1 is 1.11 bits per heavy atom. The summed E-state index contributed by atoms with van der Waals surface area (Å²) in [5.41, 5.74) is 0.363. The van der Waals surface area contributed by atoms with Crippen LogP contribution in [-0.2, 0) is 10.2 Å².